The third-order valence-corrected chi connectivity index (χ3v) is 4.67. The van der Waals surface area contributed by atoms with Crippen LogP contribution in [-0.2, 0) is 6.54 Å². The molecule has 2 aliphatic heterocycles. The molecule has 1 N–H and O–H groups in total. The summed E-state index contributed by atoms with van der Waals surface area (Å²) in [6.45, 7) is 9.85. The normalized spacial score (nSPS) is 26.1. The van der Waals surface area contributed by atoms with Crippen LogP contribution in [0.4, 0.5) is 5.82 Å². The molecule has 0 radical (unpaired) electrons. The van der Waals surface area contributed by atoms with Gasteiger partial charge in [-0.25, -0.2) is 0 Å². The Balaban J connectivity index is 1.63. The lowest BCUT2D eigenvalue weighted by Crippen LogP contribution is -2.55. The molecule has 116 valence electrons. The van der Waals surface area contributed by atoms with E-state index in [0.29, 0.717) is 12.1 Å². The molecule has 5 heteroatoms. The van der Waals surface area contributed by atoms with Crippen LogP contribution in [0.5, 0.6) is 0 Å². The summed E-state index contributed by atoms with van der Waals surface area (Å²) in [5, 5.41) is 12.2. The Bertz CT molecular complexity index is 446. The van der Waals surface area contributed by atoms with E-state index in [9.17, 15) is 0 Å². The van der Waals surface area contributed by atoms with Gasteiger partial charge in [0.25, 0.3) is 0 Å². The molecule has 0 aliphatic carbocycles. The van der Waals surface area contributed by atoms with Crippen LogP contribution >= 0.6 is 0 Å². The van der Waals surface area contributed by atoms with E-state index >= 15 is 0 Å². The number of fused-ring (bicyclic) bond motifs is 1. The molecule has 0 bridgehead atoms. The van der Waals surface area contributed by atoms with E-state index < -0.39 is 0 Å². The second kappa shape index (κ2) is 6.71. The minimum atomic E-state index is 0.526. The fourth-order valence-electron chi connectivity index (χ4n) is 3.50. The standard InChI is InChI=1S/C16H27N5/c1-3-8-17-10-14-6-7-16(19-18-14)21-12-15-5-4-9-20(15)11-13(21)2/h6-7,13,15,17H,3-5,8-12H2,1-2H3. The summed E-state index contributed by atoms with van der Waals surface area (Å²) in [6, 6.07) is 5.49. The Kier molecular flexibility index (Phi) is 4.70. The Morgan fingerprint density at radius 1 is 1.29 bits per heavy atom. The molecule has 0 saturated carbocycles. The number of nitrogens with zero attached hydrogens (tertiary/aromatic N) is 4. The second-order valence-electron chi connectivity index (χ2n) is 6.35. The van der Waals surface area contributed by atoms with E-state index in [2.05, 4.69) is 51.3 Å². The number of anilines is 1. The van der Waals surface area contributed by atoms with E-state index in [1.807, 2.05) is 0 Å². The third-order valence-electron chi connectivity index (χ3n) is 4.67. The number of aromatic nitrogens is 2. The van der Waals surface area contributed by atoms with Gasteiger partial charge in [-0.15, -0.1) is 5.10 Å². The van der Waals surface area contributed by atoms with Gasteiger partial charge < -0.3 is 10.2 Å². The highest BCUT2D eigenvalue weighted by Gasteiger charge is 2.34. The molecular weight excluding hydrogens is 262 g/mol. The van der Waals surface area contributed by atoms with Crippen LogP contribution in [0.3, 0.4) is 0 Å². The topological polar surface area (TPSA) is 44.3 Å². The van der Waals surface area contributed by atoms with Crippen LogP contribution in [-0.4, -0.2) is 53.4 Å². The van der Waals surface area contributed by atoms with Crippen LogP contribution in [0.25, 0.3) is 0 Å². The zero-order valence-corrected chi connectivity index (χ0v) is 13.3. The fraction of sp³-hybridized carbons (Fsp3) is 0.750. The average Bonchev–Trinajstić information content (AvgIpc) is 2.94. The van der Waals surface area contributed by atoms with Crippen molar-refractivity contribution in [3.8, 4) is 0 Å². The van der Waals surface area contributed by atoms with E-state index in [4.69, 9.17) is 0 Å². The molecule has 2 unspecified atom stereocenters. The number of hydrogen-bond acceptors (Lipinski definition) is 5. The van der Waals surface area contributed by atoms with Crippen molar-refractivity contribution in [3.05, 3.63) is 17.8 Å². The van der Waals surface area contributed by atoms with Gasteiger partial charge in [-0.1, -0.05) is 6.92 Å². The molecule has 2 fully saturated rings. The van der Waals surface area contributed by atoms with Crippen molar-refractivity contribution in [2.45, 2.75) is 51.7 Å². The van der Waals surface area contributed by atoms with Crippen molar-refractivity contribution >= 4 is 5.82 Å². The number of nitrogens with one attached hydrogen (secondary N) is 1. The van der Waals surface area contributed by atoms with E-state index in [1.54, 1.807) is 0 Å². The lowest BCUT2D eigenvalue weighted by Gasteiger charge is -2.42. The van der Waals surface area contributed by atoms with Crippen molar-refractivity contribution in [3.63, 3.8) is 0 Å². The molecule has 3 heterocycles. The van der Waals surface area contributed by atoms with Gasteiger partial charge in [0, 0.05) is 31.7 Å². The van der Waals surface area contributed by atoms with Crippen molar-refractivity contribution in [2.75, 3.05) is 31.1 Å². The maximum atomic E-state index is 4.46. The molecule has 3 rings (SSSR count). The lowest BCUT2D eigenvalue weighted by atomic mass is 10.1. The van der Waals surface area contributed by atoms with E-state index in [0.717, 1.165) is 44.1 Å². The third kappa shape index (κ3) is 3.35. The van der Waals surface area contributed by atoms with Crippen molar-refractivity contribution < 1.29 is 0 Å². The van der Waals surface area contributed by atoms with Gasteiger partial charge in [-0.3, -0.25) is 4.90 Å². The molecule has 5 nitrogen and oxygen atoms in total. The first-order valence-corrected chi connectivity index (χ1v) is 8.32. The van der Waals surface area contributed by atoms with E-state index in [1.165, 1.54) is 19.4 Å². The minimum Gasteiger partial charge on any atom is -0.350 e. The molecule has 0 amide bonds. The van der Waals surface area contributed by atoms with Crippen LogP contribution in [0, 0.1) is 0 Å². The molecule has 2 saturated heterocycles. The summed E-state index contributed by atoms with van der Waals surface area (Å²) in [4.78, 5) is 5.07. The lowest BCUT2D eigenvalue weighted by molar-refractivity contribution is 0.202. The zero-order chi connectivity index (χ0) is 14.7. The SMILES string of the molecule is CCCNCc1ccc(N2CC3CCCN3CC2C)nn1. The van der Waals surface area contributed by atoms with Gasteiger partial charge in [0.05, 0.1) is 5.69 Å². The van der Waals surface area contributed by atoms with Gasteiger partial charge in [0.2, 0.25) is 0 Å². The quantitative estimate of drug-likeness (QED) is 0.835. The first-order valence-electron chi connectivity index (χ1n) is 8.32. The van der Waals surface area contributed by atoms with E-state index in [-0.39, 0.29) is 0 Å². The molecule has 1 aromatic heterocycles. The molecule has 1 aromatic rings. The maximum Gasteiger partial charge on any atom is 0.151 e. The summed E-state index contributed by atoms with van der Waals surface area (Å²) >= 11 is 0. The Labute approximate surface area is 127 Å². The summed E-state index contributed by atoms with van der Waals surface area (Å²) in [6.07, 6.45) is 3.82. The molecule has 2 atom stereocenters. The van der Waals surface area contributed by atoms with Crippen LogP contribution in [0.1, 0.15) is 38.8 Å². The largest absolute Gasteiger partial charge is 0.350 e. The smallest absolute Gasteiger partial charge is 0.151 e. The van der Waals surface area contributed by atoms with Gasteiger partial charge >= 0.3 is 0 Å². The first-order chi connectivity index (χ1) is 10.3. The van der Waals surface area contributed by atoms with Crippen LogP contribution < -0.4 is 10.2 Å². The molecule has 2 aliphatic rings. The second-order valence-corrected chi connectivity index (χ2v) is 6.35. The Morgan fingerprint density at radius 3 is 2.95 bits per heavy atom. The fourth-order valence-corrected chi connectivity index (χ4v) is 3.50. The highest BCUT2D eigenvalue weighted by molar-refractivity contribution is 5.40. The van der Waals surface area contributed by atoms with Crippen LogP contribution in [0.2, 0.25) is 0 Å². The number of hydrogen-bond donors (Lipinski definition) is 1. The summed E-state index contributed by atoms with van der Waals surface area (Å²) < 4.78 is 0. The Hall–Kier alpha value is -1.20. The Morgan fingerprint density at radius 2 is 2.19 bits per heavy atom. The number of piperazine rings is 1. The summed E-state index contributed by atoms with van der Waals surface area (Å²) in [7, 11) is 0. The maximum absolute atomic E-state index is 4.46. The predicted octanol–water partition coefficient (Wildman–Crippen LogP) is 1.65. The molecule has 0 aromatic carbocycles. The van der Waals surface area contributed by atoms with Crippen molar-refractivity contribution in [1.29, 1.82) is 0 Å². The van der Waals surface area contributed by atoms with Gasteiger partial charge in [-0.2, -0.15) is 5.10 Å². The predicted molar refractivity (Wildman–Crippen MR) is 85.4 cm³/mol. The minimum absolute atomic E-state index is 0.526. The van der Waals surface area contributed by atoms with Crippen molar-refractivity contribution in [2.24, 2.45) is 0 Å². The monoisotopic (exact) mass is 289 g/mol. The first kappa shape index (κ1) is 14.7. The summed E-state index contributed by atoms with van der Waals surface area (Å²) in [5.41, 5.74) is 1.03. The highest BCUT2D eigenvalue weighted by Crippen LogP contribution is 2.27. The van der Waals surface area contributed by atoms with Crippen molar-refractivity contribution in [1.82, 2.24) is 20.4 Å². The summed E-state index contributed by atoms with van der Waals surface area (Å²) in [5.74, 6) is 1.04. The molecule has 21 heavy (non-hydrogen) atoms. The zero-order valence-electron chi connectivity index (χ0n) is 13.3. The van der Waals surface area contributed by atoms with Crippen LogP contribution in [0.15, 0.2) is 12.1 Å². The molecular formula is C16H27N5. The van der Waals surface area contributed by atoms with Gasteiger partial charge in [0.1, 0.15) is 0 Å². The average molecular weight is 289 g/mol. The molecule has 0 spiro atoms. The van der Waals surface area contributed by atoms with Gasteiger partial charge in [0.15, 0.2) is 5.82 Å². The highest BCUT2D eigenvalue weighted by atomic mass is 15.4. The number of rotatable bonds is 5. The van der Waals surface area contributed by atoms with Gasteiger partial charge in [-0.05, 0) is 51.4 Å².